The predicted octanol–water partition coefficient (Wildman–Crippen LogP) is 15.8. The fourth-order valence-corrected chi connectivity index (χ4v) is 10.2. The van der Waals surface area contributed by atoms with Gasteiger partial charge in [0.05, 0.1) is 57.2 Å². The maximum absolute atomic E-state index is 12.0. The number of fused-ring (bicyclic) bond motifs is 10. The summed E-state index contributed by atoms with van der Waals surface area (Å²) in [5.74, 6) is 0. The van der Waals surface area contributed by atoms with Crippen LogP contribution in [0, 0.1) is 36.2 Å². The van der Waals surface area contributed by atoms with E-state index >= 15 is 0 Å². The first kappa shape index (κ1) is 37.5. The number of nitrogens with zero attached hydrogens (tertiary/aromatic N) is 5. The van der Waals surface area contributed by atoms with Gasteiger partial charge in [0, 0.05) is 38.2 Å². The van der Waals surface area contributed by atoms with Gasteiger partial charge in [0.1, 0.15) is 6.07 Å². The minimum absolute atomic E-state index is 0.505. The molecule has 0 aliphatic heterocycles. The Hall–Kier alpha value is -9.21. The van der Waals surface area contributed by atoms with Gasteiger partial charge in [-0.3, -0.25) is 0 Å². The van der Waals surface area contributed by atoms with E-state index in [0.717, 1.165) is 115 Å². The van der Waals surface area contributed by atoms with Crippen molar-refractivity contribution in [2.24, 2.45) is 0 Å². The molecule has 5 heteroatoms. The molecule has 0 atom stereocenters. The van der Waals surface area contributed by atoms with Crippen LogP contribution in [0.5, 0.6) is 0 Å². The molecule has 2 aromatic heterocycles. The average Bonchev–Trinajstić information content (AvgIpc) is 3.89. The van der Waals surface area contributed by atoms with Crippen LogP contribution in [-0.4, -0.2) is 9.13 Å². The number of para-hydroxylation sites is 2. The van der Waals surface area contributed by atoms with E-state index in [0.29, 0.717) is 16.8 Å². The summed E-state index contributed by atoms with van der Waals surface area (Å²) in [5, 5.41) is 31.2. The van der Waals surface area contributed by atoms with Gasteiger partial charge in [0.2, 0.25) is 0 Å². The number of hydrogen-bond donors (Lipinski definition) is 0. The lowest BCUT2D eigenvalue weighted by Crippen LogP contribution is -2.10. The molecule has 0 fully saturated rings. The highest BCUT2D eigenvalue weighted by atomic mass is 15.0. The number of aromatic nitrogens is 2. The second kappa shape index (κ2) is 14.7. The summed E-state index contributed by atoms with van der Waals surface area (Å²) < 4.78 is 4.73. The fourth-order valence-electron chi connectivity index (χ4n) is 10.2. The number of nitriles is 2. The van der Waals surface area contributed by atoms with Crippen molar-refractivity contribution >= 4 is 70.8 Å². The fraction of sp³-hybridized carbons (Fsp3) is 0.0167. The minimum atomic E-state index is 0.505. The first-order chi connectivity index (χ1) is 32.1. The monoisotopic (exact) mass is 825 g/mol. The first-order valence-corrected chi connectivity index (χ1v) is 21.6. The van der Waals surface area contributed by atoms with Crippen molar-refractivity contribution in [2.45, 2.75) is 6.92 Å². The molecule has 0 spiro atoms. The van der Waals surface area contributed by atoms with Crippen LogP contribution in [0.25, 0.3) is 115 Å². The Balaban J connectivity index is 1.41. The van der Waals surface area contributed by atoms with Crippen LogP contribution < -0.4 is 0 Å². The molecule has 0 radical (unpaired) electrons. The zero-order chi connectivity index (χ0) is 43.8. The van der Waals surface area contributed by atoms with Crippen LogP contribution in [0.2, 0.25) is 0 Å². The summed E-state index contributed by atoms with van der Waals surface area (Å²) in [7, 11) is 0. The molecule has 0 saturated carbocycles. The number of aryl methyl sites for hydroxylation is 1. The molecule has 5 nitrogen and oxygen atoms in total. The molecule has 0 aliphatic carbocycles. The zero-order valence-corrected chi connectivity index (χ0v) is 35.2. The van der Waals surface area contributed by atoms with Crippen LogP contribution in [0.15, 0.2) is 194 Å². The van der Waals surface area contributed by atoms with Crippen molar-refractivity contribution < 1.29 is 0 Å². The normalized spacial score (nSPS) is 11.4. The Morgan fingerprint density at radius 2 is 0.846 bits per heavy atom. The van der Waals surface area contributed by atoms with E-state index in [4.69, 9.17) is 6.57 Å². The maximum Gasteiger partial charge on any atom is 0.187 e. The van der Waals surface area contributed by atoms with Gasteiger partial charge in [-0.15, -0.1) is 0 Å². The molecule has 0 N–H and O–H groups in total. The lowest BCUT2D eigenvalue weighted by atomic mass is 9.83. The van der Waals surface area contributed by atoms with E-state index in [1.165, 1.54) is 0 Å². The SMILES string of the molecule is [C-]#[N+]c1ccc(-c2c(C#N)c(-c3ccc(C)cc3)c(-n3c4ccccc4c4c5ccccc5ccc43)c(-c3ccc(C#N)cc3)c2-n2c3ccccc3c3c4ccccc4ccc32)cc1. The molecule has 0 unspecified atom stereocenters. The van der Waals surface area contributed by atoms with E-state index in [2.05, 4.69) is 179 Å². The second-order valence-corrected chi connectivity index (χ2v) is 16.6. The van der Waals surface area contributed by atoms with Gasteiger partial charge >= 0.3 is 0 Å². The quantitative estimate of drug-likeness (QED) is 0.162. The van der Waals surface area contributed by atoms with Crippen LogP contribution >= 0.6 is 0 Å². The van der Waals surface area contributed by atoms with Gasteiger partial charge in [-0.05, 0) is 81.6 Å². The van der Waals surface area contributed by atoms with Crippen molar-refractivity contribution in [1.29, 1.82) is 10.5 Å². The van der Waals surface area contributed by atoms with Crippen molar-refractivity contribution in [3.8, 4) is 56.9 Å². The molecule has 65 heavy (non-hydrogen) atoms. The van der Waals surface area contributed by atoms with Crippen molar-refractivity contribution in [3.63, 3.8) is 0 Å². The van der Waals surface area contributed by atoms with Gasteiger partial charge < -0.3 is 9.13 Å². The summed E-state index contributed by atoms with van der Waals surface area (Å²) in [5.41, 5.74) is 13.3. The topological polar surface area (TPSA) is 61.8 Å². The first-order valence-electron chi connectivity index (χ1n) is 21.6. The van der Waals surface area contributed by atoms with E-state index in [1.807, 2.05) is 48.5 Å². The summed E-state index contributed by atoms with van der Waals surface area (Å²) in [6.07, 6.45) is 0. The largest absolute Gasteiger partial charge is 0.308 e. The molecule has 12 rings (SSSR count). The standard InChI is InChI=1S/C60H35N5/c1-37-19-23-41(24-20-37)54-49(36-62)55(42-27-31-44(63-2)32-28-42)60(65-51-18-10-8-16-48(51)58-46-14-6-4-12-40(46)30-34-53(58)65)56(43-25-21-38(35-61)22-26-43)59(54)64-50-17-9-7-15-47(50)57-45-13-5-3-11-39(45)29-33-52(57)64/h3-34H,1H3. The lowest BCUT2D eigenvalue weighted by molar-refractivity contribution is 1.14. The predicted molar refractivity (Wildman–Crippen MR) is 267 cm³/mol. The van der Waals surface area contributed by atoms with Crippen LogP contribution in [0.4, 0.5) is 5.69 Å². The van der Waals surface area contributed by atoms with Crippen LogP contribution in [0.3, 0.4) is 0 Å². The maximum atomic E-state index is 12.0. The van der Waals surface area contributed by atoms with Crippen molar-refractivity contribution in [3.05, 3.63) is 222 Å². The second-order valence-electron chi connectivity index (χ2n) is 16.6. The molecular formula is C60H35N5. The molecule has 10 aromatic carbocycles. The van der Waals surface area contributed by atoms with Gasteiger partial charge in [-0.1, -0.05) is 163 Å². The lowest BCUT2D eigenvalue weighted by Gasteiger charge is -2.28. The Bertz CT molecular complexity index is 4070. The highest BCUT2D eigenvalue weighted by Crippen LogP contribution is 2.53. The number of rotatable bonds is 5. The molecule has 2 heterocycles. The summed E-state index contributed by atoms with van der Waals surface area (Å²) in [6.45, 7) is 9.96. The summed E-state index contributed by atoms with van der Waals surface area (Å²) >= 11 is 0. The van der Waals surface area contributed by atoms with Gasteiger partial charge in [-0.2, -0.15) is 10.5 Å². The van der Waals surface area contributed by atoms with Crippen LogP contribution in [0.1, 0.15) is 16.7 Å². The van der Waals surface area contributed by atoms with E-state index < -0.39 is 0 Å². The zero-order valence-electron chi connectivity index (χ0n) is 35.2. The molecule has 0 bridgehead atoms. The molecule has 0 amide bonds. The van der Waals surface area contributed by atoms with Crippen molar-refractivity contribution in [1.82, 2.24) is 9.13 Å². The van der Waals surface area contributed by atoms with Gasteiger partial charge in [-0.25, -0.2) is 4.85 Å². The third kappa shape index (κ3) is 5.62. The van der Waals surface area contributed by atoms with Crippen molar-refractivity contribution in [2.75, 3.05) is 0 Å². The van der Waals surface area contributed by atoms with E-state index in [-0.39, 0.29) is 0 Å². The molecule has 0 saturated heterocycles. The van der Waals surface area contributed by atoms with E-state index in [9.17, 15) is 10.5 Å². The summed E-state index contributed by atoms with van der Waals surface area (Å²) in [6, 6.07) is 72.1. The Labute approximate surface area is 374 Å². The third-order valence-corrected chi connectivity index (χ3v) is 13.1. The molecule has 300 valence electrons. The molecule has 12 aromatic rings. The van der Waals surface area contributed by atoms with Gasteiger partial charge in [0.15, 0.2) is 5.69 Å². The molecule has 0 aliphatic rings. The Morgan fingerprint density at radius 1 is 0.415 bits per heavy atom. The highest BCUT2D eigenvalue weighted by Gasteiger charge is 2.32. The minimum Gasteiger partial charge on any atom is -0.308 e. The van der Waals surface area contributed by atoms with Gasteiger partial charge in [0.25, 0.3) is 0 Å². The highest BCUT2D eigenvalue weighted by molar-refractivity contribution is 6.24. The van der Waals surface area contributed by atoms with E-state index in [1.54, 1.807) is 0 Å². The summed E-state index contributed by atoms with van der Waals surface area (Å²) in [4.78, 5) is 3.76. The smallest absolute Gasteiger partial charge is 0.187 e. The number of benzene rings is 10. The third-order valence-electron chi connectivity index (χ3n) is 13.1. The van der Waals surface area contributed by atoms with Crippen LogP contribution in [-0.2, 0) is 0 Å². The number of hydrogen-bond acceptors (Lipinski definition) is 2. The Morgan fingerprint density at radius 3 is 1.32 bits per heavy atom. The average molecular weight is 826 g/mol. The Kier molecular flexibility index (Phi) is 8.50. The molecular weight excluding hydrogens is 791 g/mol.